The number of imidazole rings is 1. The minimum absolute atomic E-state index is 0.0643. The maximum absolute atomic E-state index is 4.74. The summed E-state index contributed by atoms with van der Waals surface area (Å²) in [4.78, 5) is 8.19. The Labute approximate surface area is 111 Å². The molecule has 0 aliphatic rings. The van der Waals surface area contributed by atoms with Crippen LogP contribution in [0.5, 0.6) is 0 Å². The first kappa shape index (κ1) is 13.2. The van der Waals surface area contributed by atoms with Crippen LogP contribution in [0.3, 0.4) is 0 Å². The van der Waals surface area contributed by atoms with Crippen molar-refractivity contribution < 1.29 is 0 Å². The summed E-state index contributed by atoms with van der Waals surface area (Å²) in [5.74, 6) is 1.06. The molecule has 0 saturated carbocycles. The van der Waals surface area contributed by atoms with Crippen molar-refractivity contribution in [3.8, 4) is 0 Å². The third kappa shape index (κ3) is 2.31. The molecular formula is C15H23BN2. The largest absolute Gasteiger partial charge is 0.342 e. The third-order valence-electron chi connectivity index (χ3n) is 3.35. The van der Waals surface area contributed by atoms with Crippen LogP contribution < -0.4 is 5.46 Å². The molecule has 3 heteroatoms. The summed E-state index contributed by atoms with van der Waals surface area (Å²) in [6.07, 6.45) is 0. The summed E-state index contributed by atoms with van der Waals surface area (Å²) >= 11 is 0. The SMILES string of the molecule is Bc1cc2[nH]c(C(C)(C)C)nc2cc1C(C)(C)C. The van der Waals surface area contributed by atoms with Gasteiger partial charge in [0.15, 0.2) is 0 Å². The molecule has 96 valence electrons. The molecule has 18 heavy (non-hydrogen) atoms. The van der Waals surface area contributed by atoms with Gasteiger partial charge in [-0.15, -0.1) is 0 Å². The molecule has 1 heterocycles. The minimum atomic E-state index is 0.0643. The lowest BCUT2D eigenvalue weighted by molar-refractivity contribution is 0.554. The van der Waals surface area contributed by atoms with Crippen molar-refractivity contribution in [3.05, 3.63) is 23.5 Å². The molecule has 0 saturated heterocycles. The number of rotatable bonds is 0. The Morgan fingerprint density at radius 1 is 1.00 bits per heavy atom. The van der Waals surface area contributed by atoms with E-state index in [-0.39, 0.29) is 10.8 Å². The zero-order valence-corrected chi connectivity index (χ0v) is 12.6. The predicted molar refractivity (Wildman–Crippen MR) is 81.7 cm³/mol. The van der Waals surface area contributed by atoms with E-state index in [1.54, 1.807) is 0 Å². The highest BCUT2D eigenvalue weighted by molar-refractivity contribution is 6.34. The molecular weight excluding hydrogens is 219 g/mol. The topological polar surface area (TPSA) is 28.7 Å². The first-order valence-electron chi connectivity index (χ1n) is 6.60. The van der Waals surface area contributed by atoms with Gasteiger partial charge >= 0.3 is 0 Å². The monoisotopic (exact) mass is 242 g/mol. The number of fused-ring (bicyclic) bond motifs is 1. The van der Waals surface area contributed by atoms with Crippen LogP contribution in [0, 0.1) is 0 Å². The predicted octanol–water partition coefficient (Wildman–Crippen LogP) is 2.42. The van der Waals surface area contributed by atoms with Crippen molar-refractivity contribution >= 4 is 24.3 Å². The summed E-state index contributed by atoms with van der Waals surface area (Å²) in [6, 6.07) is 4.45. The van der Waals surface area contributed by atoms with Crippen LogP contribution in [-0.2, 0) is 10.8 Å². The number of hydrogen-bond acceptors (Lipinski definition) is 1. The van der Waals surface area contributed by atoms with Crippen molar-refractivity contribution in [2.45, 2.75) is 52.4 Å². The van der Waals surface area contributed by atoms with Gasteiger partial charge < -0.3 is 4.98 Å². The Hall–Kier alpha value is -1.25. The minimum Gasteiger partial charge on any atom is -0.342 e. The van der Waals surface area contributed by atoms with E-state index in [0.29, 0.717) is 0 Å². The molecule has 0 unspecified atom stereocenters. The Morgan fingerprint density at radius 2 is 1.61 bits per heavy atom. The van der Waals surface area contributed by atoms with Crippen LogP contribution >= 0.6 is 0 Å². The molecule has 1 aromatic carbocycles. The van der Waals surface area contributed by atoms with Crippen LogP contribution in [0.1, 0.15) is 52.9 Å². The number of aromatic nitrogens is 2. The number of nitrogens with zero attached hydrogens (tertiary/aromatic N) is 1. The van der Waals surface area contributed by atoms with E-state index in [4.69, 9.17) is 4.98 Å². The number of hydrogen-bond donors (Lipinski definition) is 1. The molecule has 1 N–H and O–H groups in total. The van der Waals surface area contributed by atoms with Crippen molar-refractivity contribution in [2.24, 2.45) is 0 Å². The second kappa shape index (κ2) is 3.87. The molecule has 0 spiro atoms. The van der Waals surface area contributed by atoms with Gasteiger partial charge in [-0.3, -0.25) is 0 Å². The molecule has 0 radical (unpaired) electrons. The smallest absolute Gasteiger partial charge is 0.139 e. The number of nitrogens with one attached hydrogen (secondary N) is 1. The van der Waals surface area contributed by atoms with E-state index >= 15 is 0 Å². The molecule has 0 aliphatic heterocycles. The standard InChI is InChI=1S/C15H23BN2/c1-14(2,3)9-7-11-12(8-10(9)16)18-13(17-11)15(4,5)6/h7-8H,16H2,1-6H3,(H,17,18). The van der Waals surface area contributed by atoms with Crippen LogP contribution in [0.25, 0.3) is 11.0 Å². The second-order valence-electron chi connectivity index (χ2n) is 7.27. The lowest BCUT2D eigenvalue weighted by atomic mass is 9.77. The molecule has 0 bridgehead atoms. The van der Waals surface area contributed by atoms with Gasteiger partial charge in [-0.25, -0.2) is 4.98 Å². The van der Waals surface area contributed by atoms with Crippen LogP contribution in [0.2, 0.25) is 0 Å². The first-order chi connectivity index (χ1) is 8.09. The molecule has 2 nitrogen and oxygen atoms in total. The lowest BCUT2D eigenvalue weighted by Crippen LogP contribution is -2.22. The molecule has 0 amide bonds. The average molecular weight is 242 g/mol. The maximum Gasteiger partial charge on any atom is 0.139 e. The summed E-state index contributed by atoms with van der Waals surface area (Å²) in [6.45, 7) is 13.3. The Kier molecular flexibility index (Phi) is 2.84. The van der Waals surface area contributed by atoms with Gasteiger partial charge in [0.05, 0.1) is 11.0 Å². The van der Waals surface area contributed by atoms with Gasteiger partial charge in [0, 0.05) is 5.41 Å². The van der Waals surface area contributed by atoms with E-state index in [1.165, 1.54) is 11.0 Å². The Morgan fingerprint density at radius 3 is 2.11 bits per heavy atom. The van der Waals surface area contributed by atoms with Gasteiger partial charge in [-0.05, 0) is 23.1 Å². The van der Waals surface area contributed by atoms with E-state index in [2.05, 4.69) is 66.5 Å². The second-order valence-corrected chi connectivity index (χ2v) is 7.27. The Bertz CT molecular complexity index is 583. The van der Waals surface area contributed by atoms with Crippen molar-refractivity contribution in [3.63, 3.8) is 0 Å². The maximum atomic E-state index is 4.74. The van der Waals surface area contributed by atoms with E-state index in [0.717, 1.165) is 16.9 Å². The van der Waals surface area contributed by atoms with Crippen LogP contribution in [-0.4, -0.2) is 17.8 Å². The van der Waals surface area contributed by atoms with Crippen molar-refractivity contribution in [2.75, 3.05) is 0 Å². The van der Waals surface area contributed by atoms with Gasteiger partial charge in [-0.2, -0.15) is 0 Å². The van der Waals surface area contributed by atoms with Gasteiger partial charge in [0.1, 0.15) is 13.7 Å². The average Bonchev–Trinajstić information content (AvgIpc) is 2.56. The summed E-state index contributed by atoms with van der Waals surface area (Å²) < 4.78 is 0. The summed E-state index contributed by atoms with van der Waals surface area (Å²) in [5.41, 5.74) is 5.16. The van der Waals surface area contributed by atoms with Crippen LogP contribution in [0.4, 0.5) is 0 Å². The third-order valence-corrected chi connectivity index (χ3v) is 3.35. The van der Waals surface area contributed by atoms with Gasteiger partial charge in [0.2, 0.25) is 0 Å². The zero-order valence-electron chi connectivity index (χ0n) is 12.6. The number of aromatic amines is 1. The van der Waals surface area contributed by atoms with Crippen molar-refractivity contribution in [1.82, 2.24) is 9.97 Å². The Balaban J connectivity index is 2.65. The lowest BCUT2D eigenvalue weighted by Gasteiger charge is -2.21. The summed E-state index contributed by atoms with van der Waals surface area (Å²) in [5, 5.41) is 0. The highest BCUT2D eigenvalue weighted by Gasteiger charge is 2.21. The molecule has 2 rings (SSSR count). The van der Waals surface area contributed by atoms with E-state index < -0.39 is 0 Å². The van der Waals surface area contributed by atoms with E-state index in [1.807, 2.05) is 0 Å². The zero-order chi connectivity index (χ0) is 13.7. The van der Waals surface area contributed by atoms with E-state index in [9.17, 15) is 0 Å². The fraction of sp³-hybridized carbons (Fsp3) is 0.533. The first-order valence-corrected chi connectivity index (χ1v) is 6.60. The molecule has 1 aromatic heterocycles. The highest BCUT2D eigenvalue weighted by atomic mass is 14.9. The quantitative estimate of drug-likeness (QED) is 0.706. The van der Waals surface area contributed by atoms with Crippen LogP contribution in [0.15, 0.2) is 12.1 Å². The molecule has 2 aromatic rings. The summed E-state index contributed by atoms with van der Waals surface area (Å²) in [7, 11) is 2.18. The number of H-pyrrole nitrogens is 1. The van der Waals surface area contributed by atoms with Gasteiger partial charge in [-0.1, -0.05) is 47.0 Å². The fourth-order valence-corrected chi connectivity index (χ4v) is 2.33. The normalized spacial score (nSPS) is 13.2. The van der Waals surface area contributed by atoms with Gasteiger partial charge in [0.25, 0.3) is 0 Å². The molecule has 0 fully saturated rings. The number of benzene rings is 1. The molecule has 0 aliphatic carbocycles. The highest BCUT2D eigenvalue weighted by Crippen LogP contribution is 2.26. The fourth-order valence-electron chi connectivity index (χ4n) is 2.33. The molecule has 0 atom stereocenters. The van der Waals surface area contributed by atoms with Crippen molar-refractivity contribution in [1.29, 1.82) is 0 Å².